The molecule has 2 N–H and O–H groups in total. The lowest BCUT2D eigenvalue weighted by atomic mass is 9.83. The maximum atomic E-state index is 13.7. The molecule has 1 saturated carbocycles. The van der Waals surface area contributed by atoms with Crippen molar-refractivity contribution in [3.63, 3.8) is 0 Å². The number of hydrogen-bond acceptors (Lipinski definition) is 4. The summed E-state index contributed by atoms with van der Waals surface area (Å²) in [4.78, 5) is 14.7. The van der Waals surface area contributed by atoms with Crippen LogP contribution in [0.5, 0.6) is 5.75 Å². The molecule has 1 aliphatic carbocycles. The number of piperidine rings is 1. The summed E-state index contributed by atoms with van der Waals surface area (Å²) in [7, 11) is 1.66. The van der Waals surface area contributed by atoms with Crippen LogP contribution in [0.25, 0.3) is 0 Å². The van der Waals surface area contributed by atoms with Crippen molar-refractivity contribution in [3.8, 4) is 5.75 Å². The van der Waals surface area contributed by atoms with E-state index in [2.05, 4.69) is 0 Å². The summed E-state index contributed by atoms with van der Waals surface area (Å²) < 4.78 is 24.9. The highest BCUT2D eigenvalue weighted by Crippen LogP contribution is 2.29. The number of likely N-dealkylation sites (tertiary alicyclic amines) is 1. The maximum Gasteiger partial charge on any atom is 0.225 e. The van der Waals surface area contributed by atoms with E-state index in [-0.39, 0.29) is 54.0 Å². The average Bonchev–Trinajstić information content (AvgIpc) is 2.64. The maximum absolute atomic E-state index is 13.7. The van der Waals surface area contributed by atoms with Gasteiger partial charge in [0, 0.05) is 45.0 Å². The van der Waals surface area contributed by atoms with Gasteiger partial charge in [0.1, 0.15) is 6.10 Å². The van der Waals surface area contributed by atoms with Crippen LogP contribution in [0.15, 0.2) is 24.3 Å². The van der Waals surface area contributed by atoms with E-state index in [4.69, 9.17) is 15.2 Å². The number of halogens is 2. The Kier molecular flexibility index (Phi) is 7.68. The second kappa shape index (κ2) is 9.53. The van der Waals surface area contributed by atoms with Gasteiger partial charge in [0.15, 0.2) is 11.6 Å². The zero-order valence-corrected chi connectivity index (χ0v) is 15.9. The number of ether oxygens (including phenoxy) is 2. The first-order valence-corrected chi connectivity index (χ1v) is 9.07. The number of carbonyl (C=O) groups excluding carboxylic acids is 1. The molecule has 1 aromatic carbocycles. The molecule has 146 valence electrons. The van der Waals surface area contributed by atoms with E-state index >= 15 is 0 Å². The van der Waals surface area contributed by atoms with Gasteiger partial charge in [-0.1, -0.05) is 12.1 Å². The number of methoxy groups -OCH3 is 1. The molecule has 0 bridgehead atoms. The number of carbonyl (C=O) groups is 1. The Hall–Kier alpha value is -1.37. The lowest BCUT2D eigenvalue weighted by Crippen LogP contribution is -2.49. The summed E-state index contributed by atoms with van der Waals surface area (Å²) >= 11 is 0. The van der Waals surface area contributed by atoms with Gasteiger partial charge < -0.3 is 20.1 Å². The van der Waals surface area contributed by atoms with Crippen molar-refractivity contribution >= 4 is 18.3 Å². The van der Waals surface area contributed by atoms with Crippen molar-refractivity contribution in [1.29, 1.82) is 0 Å². The Bertz CT molecular complexity index is 596. The summed E-state index contributed by atoms with van der Waals surface area (Å²) in [5, 5.41) is 0. The van der Waals surface area contributed by atoms with E-state index < -0.39 is 0 Å². The molecule has 2 fully saturated rings. The molecule has 0 aromatic heterocycles. The predicted molar refractivity (Wildman–Crippen MR) is 100.0 cm³/mol. The molecule has 3 atom stereocenters. The Morgan fingerprint density at radius 1 is 1.19 bits per heavy atom. The van der Waals surface area contributed by atoms with Crippen LogP contribution < -0.4 is 10.5 Å². The number of rotatable bonds is 4. The molecule has 1 heterocycles. The zero-order chi connectivity index (χ0) is 17.8. The van der Waals surface area contributed by atoms with Gasteiger partial charge in [0.25, 0.3) is 0 Å². The lowest BCUT2D eigenvalue weighted by molar-refractivity contribution is -0.140. The van der Waals surface area contributed by atoms with E-state index in [9.17, 15) is 9.18 Å². The van der Waals surface area contributed by atoms with Crippen LogP contribution in [0, 0.1) is 11.7 Å². The third kappa shape index (κ3) is 4.87. The Morgan fingerprint density at radius 3 is 2.54 bits per heavy atom. The van der Waals surface area contributed by atoms with Crippen molar-refractivity contribution in [2.45, 2.75) is 50.4 Å². The van der Waals surface area contributed by atoms with Gasteiger partial charge in [-0.2, -0.15) is 0 Å². The third-order valence-corrected chi connectivity index (χ3v) is 5.38. The van der Waals surface area contributed by atoms with Crippen molar-refractivity contribution in [3.05, 3.63) is 30.1 Å². The number of para-hydroxylation sites is 1. The summed E-state index contributed by atoms with van der Waals surface area (Å²) in [5.74, 6) is 0.133. The van der Waals surface area contributed by atoms with Gasteiger partial charge in [-0.15, -0.1) is 12.4 Å². The zero-order valence-electron chi connectivity index (χ0n) is 15.1. The molecule has 1 aliphatic heterocycles. The van der Waals surface area contributed by atoms with Crippen molar-refractivity contribution in [2.75, 3.05) is 20.2 Å². The quantitative estimate of drug-likeness (QED) is 0.864. The number of hydrogen-bond donors (Lipinski definition) is 1. The van der Waals surface area contributed by atoms with E-state index in [1.807, 2.05) is 4.90 Å². The second-order valence-corrected chi connectivity index (χ2v) is 7.02. The monoisotopic (exact) mass is 386 g/mol. The largest absolute Gasteiger partial charge is 0.487 e. The van der Waals surface area contributed by atoms with E-state index in [1.165, 1.54) is 6.07 Å². The molecule has 2 aliphatic rings. The van der Waals surface area contributed by atoms with E-state index in [1.54, 1.807) is 25.3 Å². The highest BCUT2D eigenvalue weighted by atomic mass is 35.5. The molecule has 0 unspecified atom stereocenters. The number of amides is 1. The minimum absolute atomic E-state index is 0. The molecule has 7 heteroatoms. The first-order chi connectivity index (χ1) is 12.1. The molecule has 26 heavy (non-hydrogen) atoms. The Morgan fingerprint density at radius 2 is 1.88 bits per heavy atom. The fourth-order valence-electron chi connectivity index (χ4n) is 3.82. The Labute approximate surface area is 160 Å². The fourth-order valence-corrected chi connectivity index (χ4v) is 3.82. The minimum atomic E-state index is -0.342. The normalized spacial score (nSPS) is 26.9. The molecule has 0 spiro atoms. The lowest BCUT2D eigenvalue weighted by Gasteiger charge is -2.38. The summed E-state index contributed by atoms with van der Waals surface area (Å²) in [6, 6.07) is 6.47. The van der Waals surface area contributed by atoms with Crippen LogP contribution >= 0.6 is 12.4 Å². The van der Waals surface area contributed by atoms with Gasteiger partial charge >= 0.3 is 0 Å². The van der Waals surface area contributed by atoms with Crippen LogP contribution in [0.3, 0.4) is 0 Å². The number of nitrogens with zero attached hydrogens (tertiary/aromatic N) is 1. The summed E-state index contributed by atoms with van der Waals surface area (Å²) in [6.45, 7) is 1.30. The fraction of sp³-hybridized carbons (Fsp3) is 0.632. The average molecular weight is 387 g/mol. The molecule has 1 aromatic rings. The second-order valence-electron chi connectivity index (χ2n) is 7.02. The van der Waals surface area contributed by atoms with Crippen molar-refractivity contribution < 1.29 is 18.7 Å². The van der Waals surface area contributed by atoms with E-state index in [0.717, 1.165) is 25.7 Å². The van der Waals surface area contributed by atoms with Gasteiger partial charge in [0.05, 0.1) is 6.10 Å². The molecular formula is C19H28ClFN2O3. The molecular weight excluding hydrogens is 359 g/mol. The summed E-state index contributed by atoms with van der Waals surface area (Å²) in [6.07, 6.45) is 3.70. The minimum Gasteiger partial charge on any atom is -0.487 e. The highest BCUT2D eigenvalue weighted by molar-refractivity contribution is 5.85. The van der Waals surface area contributed by atoms with Crippen molar-refractivity contribution in [1.82, 2.24) is 4.90 Å². The van der Waals surface area contributed by atoms with E-state index in [0.29, 0.717) is 19.5 Å². The predicted octanol–water partition coefficient (Wildman–Crippen LogP) is 2.76. The standard InChI is InChI=1S/C19H27FN2O3.ClH/c1-24-18-12-13(6-7-16(18)21)19(23)22-10-8-14(9-11-22)25-17-5-3-2-4-15(17)20;/h2-5,13-14,16,18H,6-12,21H2,1H3;1H/t13-,16+,18+;/m0./s1. The first-order valence-electron chi connectivity index (χ1n) is 9.07. The number of benzene rings is 1. The summed E-state index contributed by atoms with van der Waals surface area (Å²) in [5.41, 5.74) is 6.04. The SMILES string of the molecule is CO[C@@H]1C[C@@H](C(=O)N2CCC(Oc3ccccc3F)CC2)CC[C@H]1N.Cl. The van der Waals surface area contributed by atoms with Crippen LogP contribution in [-0.4, -0.2) is 49.3 Å². The van der Waals surface area contributed by atoms with Gasteiger partial charge in [-0.05, 0) is 31.4 Å². The van der Waals surface area contributed by atoms with Crippen LogP contribution in [0.2, 0.25) is 0 Å². The Balaban J connectivity index is 0.00000243. The van der Waals surface area contributed by atoms with Crippen LogP contribution in [0.1, 0.15) is 32.1 Å². The third-order valence-electron chi connectivity index (χ3n) is 5.38. The molecule has 1 amide bonds. The van der Waals surface area contributed by atoms with Gasteiger partial charge in [-0.3, -0.25) is 4.79 Å². The highest BCUT2D eigenvalue weighted by Gasteiger charge is 2.35. The molecule has 5 nitrogen and oxygen atoms in total. The van der Waals surface area contributed by atoms with Crippen molar-refractivity contribution in [2.24, 2.45) is 11.7 Å². The van der Waals surface area contributed by atoms with Gasteiger partial charge in [-0.25, -0.2) is 4.39 Å². The van der Waals surface area contributed by atoms with Crippen LogP contribution in [0.4, 0.5) is 4.39 Å². The van der Waals surface area contributed by atoms with Gasteiger partial charge in [0.2, 0.25) is 5.91 Å². The molecule has 3 rings (SSSR count). The van der Waals surface area contributed by atoms with Crippen LogP contribution in [-0.2, 0) is 9.53 Å². The first kappa shape index (κ1) is 20.9. The smallest absolute Gasteiger partial charge is 0.225 e. The molecule has 0 radical (unpaired) electrons. The number of nitrogens with two attached hydrogens (primary N) is 1. The topological polar surface area (TPSA) is 64.8 Å². The molecule has 1 saturated heterocycles.